The molecule has 0 heterocycles. The van der Waals surface area contributed by atoms with Crippen molar-refractivity contribution in [3.8, 4) is 5.75 Å². The van der Waals surface area contributed by atoms with Gasteiger partial charge in [0.25, 0.3) is 0 Å². The van der Waals surface area contributed by atoms with Crippen LogP contribution in [0.1, 0.15) is 11.1 Å². The molecule has 0 bridgehead atoms. The highest BCUT2D eigenvalue weighted by Crippen LogP contribution is 2.22. The number of aryl methyl sites for hydroxylation is 1. The number of rotatable bonds is 8. The van der Waals surface area contributed by atoms with Crippen LogP contribution in [0.5, 0.6) is 5.75 Å². The number of carbonyl (C=O) groups is 1. The molecule has 0 fully saturated rings. The Bertz CT molecular complexity index is 1100. The van der Waals surface area contributed by atoms with Gasteiger partial charge in [0.1, 0.15) is 5.75 Å². The second-order valence-electron chi connectivity index (χ2n) is 6.80. The fourth-order valence-corrected chi connectivity index (χ4v) is 4.36. The third-order valence-corrected chi connectivity index (χ3v) is 6.44. The topological polar surface area (TPSA) is 75.7 Å². The Hall–Kier alpha value is -3.16. The van der Waals surface area contributed by atoms with Gasteiger partial charge in [0.05, 0.1) is 18.6 Å². The zero-order valence-corrected chi connectivity index (χ0v) is 17.7. The summed E-state index contributed by atoms with van der Waals surface area (Å²) in [5.74, 6) is 0.151. The van der Waals surface area contributed by atoms with E-state index in [0.29, 0.717) is 11.4 Å². The van der Waals surface area contributed by atoms with Gasteiger partial charge < -0.3 is 10.1 Å². The van der Waals surface area contributed by atoms with Gasteiger partial charge in [-0.25, -0.2) is 8.42 Å². The van der Waals surface area contributed by atoms with E-state index in [-0.39, 0.29) is 18.0 Å². The van der Waals surface area contributed by atoms with Crippen molar-refractivity contribution in [1.82, 2.24) is 4.31 Å². The number of para-hydroxylation sites is 1. The number of nitrogens with one attached hydrogen (secondary N) is 1. The van der Waals surface area contributed by atoms with Crippen LogP contribution in [0.3, 0.4) is 0 Å². The lowest BCUT2D eigenvalue weighted by Crippen LogP contribution is -2.37. The van der Waals surface area contributed by atoms with Gasteiger partial charge >= 0.3 is 0 Å². The van der Waals surface area contributed by atoms with Gasteiger partial charge in [0, 0.05) is 12.2 Å². The average Bonchev–Trinajstić information content (AvgIpc) is 2.75. The first-order valence-electron chi connectivity index (χ1n) is 9.44. The third-order valence-electron chi connectivity index (χ3n) is 4.64. The van der Waals surface area contributed by atoms with Crippen LogP contribution in [0.25, 0.3) is 0 Å². The standard InChI is InChI=1S/C23H24N2O4S/c1-18-8-6-7-11-22(18)24-23(26)17-25(16-19-9-4-3-5-10-19)30(27,28)21-14-12-20(29-2)13-15-21/h3-15H,16-17H2,1-2H3,(H,24,26). The molecule has 1 N–H and O–H groups in total. The van der Waals surface area contributed by atoms with Crippen LogP contribution >= 0.6 is 0 Å². The Morgan fingerprint density at radius 3 is 2.20 bits per heavy atom. The molecule has 0 atom stereocenters. The van der Waals surface area contributed by atoms with E-state index in [1.54, 1.807) is 18.2 Å². The summed E-state index contributed by atoms with van der Waals surface area (Å²) in [7, 11) is -2.39. The lowest BCUT2D eigenvalue weighted by atomic mass is 10.2. The van der Waals surface area contributed by atoms with Crippen LogP contribution in [0, 0.1) is 6.92 Å². The maximum atomic E-state index is 13.3. The Balaban J connectivity index is 1.87. The second-order valence-corrected chi connectivity index (χ2v) is 8.74. The second kappa shape index (κ2) is 9.56. The first-order valence-corrected chi connectivity index (χ1v) is 10.9. The van der Waals surface area contributed by atoms with Crippen LogP contribution in [-0.2, 0) is 21.4 Å². The number of sulfonamides is 1. The molecule has 0 spiro atoms. The van der Waals surface area contributed by atoms with Gasteiger partial charge in [0.15, 0.2) is 0 Å². The quantitative estimate of drug-likeness (QED) is 0.596. The summed E-state index contributed by atoms with van der Waals surface area (Å²) in [6.07, 6.45) is 0. The number of carbonyl (C=O) groups excluding carboxylic acids is 1. The van der Waals surface area contributed by atoms with Gasteiger partial charge in [-0.05, 0) is 48.4 Å². The van der Waals surface area contributed by atoms with Crippen molar-refractivity contribution in [3.05, 3.63) is 90.0 Å². The van der Waals surface area contributed by atoms with Gasteiger partial charge in [-0.1, -0.05) is 48.5 Å². The number of amides is 1. The maximum absolute atomic E-state index is 13.3. The minimum Gasteiger partial charge on any atom is -0.497 e. The number of nitrogens with zero attached hydrogens (tertiary/aromatic N) is 1. The molecule has 30 heavy (non-hydrogen) atoms. The van der Waals surface area contributed by atoms with Gasteiger partial charge in [-0.15, -0.1) is 0 Å². The predicted molar refractivity (Wildman–Crippen MR) is 117 cm³/mol. The molecule has 3 rings (SSSR count). The summed E-state index contributed by atoms with van der Waals surface area (Å²) in [5.41, 5.74) is 2.35. The van der Waals surface area contributed by atoms with Crippen LogP contribution in [0.4, 0.5) is 5.69 Å². The summed E-state index contributed by atoms with van der Waals surface area (Å²) in [6.45, 7) is 1.65. The van der Waals surface area contributed by atoms with Crippen molar-refractivity contribution in [3.63, 3.8) is 0 Å². The molecular formula is C23H24N2O4S. The first kappa shape index (κ1) is 21.5. The Kier molecular flexibility index (Phi) is 6.87. The van der Waals surface area contributed by atoms with E-state index in [4.69, 9.17) is 4.74 Å². The van der Waals surface area contributed by atoms with Gasteiger partial charge in [-0.3, -0.25) is 4.79 Å². The minimum absolute atomic E-state index is 0.0798. The Morgan fingerprint density at radius 2 is 1.57 bits per heavy atom. The molecule has 0 saturated heterocycles. The van der Waals surface area contributed by atoms with Crippen molar-refractivity contribution in [2.75, 3.05) is 19.0 Å². The van der Waals surface area contributed by atoms with E-state index in [9.17, 15) is 13.2 Å². The number of hydrogen-bond acceptors (Lipinski definition) is 4. The smallest absolute Gasteiger partial charge is 0.243 e. The third kappa shape index (κ3) is 5.25. The van der Waals surface area contributed by atoms with Gasteiger partial charge in [0.2, 0.25) is 15.9 Å². The van der Waals surface area contributed by atoms with Crippen LogP contribution in [0.2, 0.25) is 0 Å². The molecule has 0 radical (unpaired) electrons. The van der Waals surface area contributed by atoms with E-state index in [1.807, 2.05) is 55.5 Å². The zero-order valence-electron chi connectivity index (χ0n) is 16.9. The molecule has 1 amide bonds. The molecule has 6 nitrogen and oxygen atoms in total. The van der Waals surface area contributed by atoms with Crippen molar-refractivity contribution in [1.29, 1.82) is 0 Å². The first-order chi connectivity index (χ1) is 14.4. The van der Waals surface area contributed by atoms with Crippen LogP contribution in [-0.4, -0.2) is 32.3 Å². The zero-order chi connectivity index (χ0) is 21.6. The normalized spacial score (nSPS) is 11.3. The monoisotopic (exact) mass is 424 g/mol. The highest BCUT2D eigenvalue weighted by molar-refractivity contribution is 7.89. The number of ether oxygens (including phenoxy) is 1. The van der Waals surface area contributed by atoms with E-state index < -0.39 is 15.9 Å². The van der Waals surface area contributed by atoms with Crippen molar-refractivity contribution in [2.45, 2.75) is 18.4 Å². The van der Waals surface area contributed by atoms with Crippen LogP contribution < -0.4 is 10.1 Å². The minimum atomic E-state index is -3.90. The van der Waals surface area contributed by atoms with E-state index in [2.05, 4.69) is 5.32 Å². The molecule has 7 heteroatoms. The van der Waals surface area contributed by atoms with Crippen molar-refractivity contribution >= 4 is 21.6 Å². The summed E-state index contributed by atoms with van der Waals surface area (Å²) >= 11 is 0. The summed E-state index contributed by atoms with van der Waals surface area (Å²) in [6, 6.07) is 22.7. The highest BCUT2D eigenvalue weighted by Gasteiger charge is 2.27. The largest absolute Gasteiger partial charge is 0.497 e. The summed E-state index contributed by atoms with van der Waals surface area (Å²) in [4.78, 5) is 12.8. The lowest BCUT2D eigenvalue weighted by Gasteiger charge is -2.22. The lowest BCUT2D eigenvalue weighted by molar-refractivity contribution is -0.116. The van der Waals surface area contributed by atoms with Crippen molar-refractivity contribution in [2.24, 2.45) is 0 Å². The van der Waals surface area contributed by atoms with Crippen LogP contribution in [0.15, 0.2) is 83.8 Å². The SMILES string of the molecule is COc1ccc(S(=O)(=O)N(CC(=O)Nc2ccccc2C)Cc2ccccc2)cc1. The van der Waals surface area contributed by atoms with Gasteiger partial charge in [-0.2, -0.15) is 4.31 Å². The van der Waals surface area contributed by atoms with Crippen molar-refractivity contribution < 1.29 is 17.9 Å². The average molecular weight is 425 g/mol. The number of anilines is 1. The number of hydrogen-bond donors (Lipinski definition) is 1. The maximum Gasteiger partial charge on any atom is 0.243 e. The molecule has 0 aromatic heterocycles. The number of methoxy groups -OCH3 is 1. The Morgan fingerprint density at radius 1 is 0.933 bits per heavy atom. The fraction of sp³-hybridized carbons (Fsp3) is 0.174. The molecule has 0 unspecified atom stereocenters. The summed E-state index contributed by atoms with van der Waals surface area (Å²) < 4.78 is 32.9. The molecule has 3 aromatic rings. The predicted octanol–water partition coefficient (Wildman–Crippen LogP) is 3.83. The molecule has 3 aromatic carbocycles. The summed E-state index contributed by atoms with van der Waals surface area (Å²) in [5, 5.41) is 2.80. The highest BCUT2D eigenvalue weighted by atomic mass is 32.2. The fourth-order valence-electron chi connectivity index (χ4n) is 2.97. The van der Waals surface area contributed by atoms with E-state index in [1.165, 1.54) is 23.5 Å². The molecule has 0 aliphatic carbocycles. The van der Waals surface area contributed by atoms with E-state index >= 15 is 0 Å². The van der Waals surface area contributed by atoms with E-state index in [0.717, 1.165) is 11.1 Å². The number of benzene rings is 3. The molecule has 0 aliphatic heterocycles. The molecule has 0 saturated carbocycles. The Labute approximate surface area is 177 Å². The molecule has 156 valence electrons. The molecule has 0 aliphatic rings. The molecular weight excluding hydrogens is 400 g/mol.